The number of hydrogen-bond donors (Lipinski definition) is 8. The van der Waals surface area contributed by atoms with Gasteiger partial charge in [0.1, 0.15) is 43.4 Å². The quantitative estimate of drug-likeness (QED) is 0.0259. The standard InChI is InChI=1S/C72H100N10O15/c1-15-42(6)62(57(94-13)37-59(84)82-35-23-30-56(82)64(95-14)43(7)65(86)74-44(8)63(85)48-24-17-16-18-25-48)80(11)70(91)60(40(2)3)79-69(90)61(41(4)5)81(12)72(93)97-38-47-31-33-49(34-32-47)77-68(89)55(36-58(73)83)78-67(88)45(9)75-66(87)46(10)76-71(92)96-39-54-52-28-21-19-26-50(52)51-27-20-22-29-53(51)54/h16-22,24-29,31-34,40-46,54-57,60-64,85H,15,23,30,35-39H2,1-14H3,(H2,73,83)(H,74,86)(H,75,87)(H,76,92)(H,77,89)(H,78,88)(H,79,90)/t42-,43+,44+,45-,46-,55-,56-,57?,60-,61-,62-,63+,64+/m0/s1. The third kappa shape index (κ3) is 20.1. The summed E-state index contributed by atoms with van der Waals surface area (Å²) in [6, 6.07) is 23.2. The third-order valence-electron chi connectivity index (χ3n) is 18.5. The van der Waals surface area contributed by atoms with E-state index in [0.29, 0.717) is 36.9 Å². The maximum atomic E-state index is 14.8. The van der Waals surface area contributed by atoms with Crippen LogP contribution in [0.4, 0.5) is 15.3 Å². The van der Waals surface area contributed by atoms with Crippen molar-refractivity contribution in [3.05, 3.63) is 125 Å². The lowest BCUT2D eigenvalue weighted by Crippen LogP contribution is -2.60. The highest BCUT2D eigenvalue weighted by Gasteiger charge is 2.44. The zero-order valence-electron chi connectivity index (χ0n) is 58.3. The normalized spacial score (nSPS) is 17.2. The van der Waals surface area contributed by atoms with E-state index in [1.807, 2.05) is 80.6 Å². The molecule has 0 saturated carbocycles. The van der Waals surface area contributed by atoms with Gasteiger partial charge in [0, 0.05) is 46.5 Å². The van der Waals surface area contributed by atoms with Crippen LogP contribution in [0.25, 0.3) is 11.1 Å². The molecule has 1 fully saturated rings. The van der Waals surface area contributed by atoms with Crippen molar-refractivity contribution in [2.24, 2.45) is 29.4 Å². The van der Waals surface area contributed by atoms with Crippen LogP contribution in [-0.2, 0) is 63.9 Å². The van der Waals surface area contributed by atoms with Gasteiger partial charge >= 0.3 is 12.2 Å². The number of alkyl carbamates (subject to hydrolysis) is 1. The van der Waals surface area contributed by atoms with Crippen LogP contribution in [0, 0.1) is 23.7 Å². The molecule has 1 aliphatic carbocycles. The van der Waals surface area contributed by atoms with E-state index in [0.717, 1.165) is 27.2 Å². The predicted molar refractivity (Wildman–Crippen MR) is 365 cm³/mol. The van der Waals surface area contributed by atoms with Crippen LogP contribution < -0.4 is 37.6 Å². The van der Waals surface area contributed by atoms with Gasteiger partial charge in [0.25, 0.3) is 0 Å². The smallest absolute Gasteiger partial charge is 0.410 e. The lowest BCUT2D eigenvalue weighted by atomic mass is 9.89. The Hall–Kier alpha value is -8.94. The molecule has 9 N–H and O–H groups in total. The molecule has 1 saturated heterocycles. The number of nitrogens with one attached hydrogen (secondary N) is 6. The van der Waals surface area contributed by atoms with E-state index >= 15 is 0 Å². The van der Waals surface area contributed by atoms with Crippen LogP contribution in [0.5, 0.6) is 0 Å². The molecule has 528 valence electrons. The average Bonchev–Trinajstić information content (AvgIpc) is 1.63. The fraction of sp³-hybridized carbons (Fsp3) is 0.528. The van der Waals surface area contributed by atoms with Crippen molar-refractivity contribution in [3.8, 4) is 11.1 Å². The first-order valence-corrected chi connectivity index (χ1v) is 33.3. The highest BCUT2D eigenvalue weighted by atomic mass is 16.6. The predicted octanol–water partition coefficient (Wildman–Crippen LogP) is 6.31. The largest absolute Gasteiger partial charge is 0.449 e. The monoisotopic (exact) mass is 1340 g/mol. The molecule has 4 aromatic carbocycles. The van der Waals surface area contributed by atoms with Crippen molar-refractivity contribution in [2.75, 3.05) is 46.8 Å². The maximum Gasteiger partial charge on any atom is 0.410 e. The van der Waals surface area contributed by atoms with Gasteiger partial charge in [-0.3, -0.25) is 43.3 Å². The summed E-state index contributed by atoms with van der Waals surface area (Å²) in [5.74, 6) is -6.83. The average molecular weight is 1350 g/mol. The number of aliphatic hydroxyl groups is 1. The Labute approximate surface area is 569 Å². The molecule has 25 heteroatoms. The van der Waals surface area contributed by atoms with Gasteiger partial charge in [-0.25, -0.2) is 9.59 Å². The summed E-state index contributed by atoms with van der Waals surface area (Å²) in [6.45, 7) is 17.5. The minimum Gasteiger partial charge on any atom is -0.449 e. The van der Waals surface area contributed by atoms with Gasteiger partial charge in [-0.05, 0) is 96.9 Å². The van der Waals surface area contributed by atoms with Gasteiger partial charge in [0.2, 0.25) is 47.3 Å². The number of anilines is 1. The van der Waals surface area contributed by atoms with Crippen LogP contribution in [0.2, 0.25) is 0 Å². The maximum absolute atomic E-state index is 14.8. The molecule has 10 amide bonds. The van der Waals surface area contributed by atoms with Crippen molar-refractivity contribution in [2.45, 2.75) is 181 Å². The van der Waals surface area contributed by atoms with E-state index in [1.54, 1.807) is 82.7 Å². The molecule has 4 aromatic rings. The van der Waals surface area contributed by atoms with Crippen molar-refractivity contribution >= 4 is 65.1 Å². The summed E-state index contributed by atoms with van der Waals surface area (Å²) in [5, 5.41) is 26.9. The second-order valence-electron chi connectivity index (χ2n) is 26.2. The molecule has 0 spiro atoms. The Kier molecular flexibility index (Phi) is 28.5. The third-order valence-corrected chi connectivity index (χ3v) is 18.5. The first-order valence-electron chi connectivity index (χ1n) is 33.3. The number of nitrogens with two attached hydrogens (primary N) is 1. The van der Waals surface area contributed by atoms with E-state index in [-0.39, 0.29) is 49.0 Å². The number of carbonyl (C=O) groups is 10. The summed E-state index contributed by atoms with van der Waals surface area (Å²) in [7, 11) is 6.05. The zero-order valence-corrected chi connectivity index (χ0v) is 58.3. The number of amides is 10. The molecule has 2 aliphatic rings. The molecule has 97 heavy (non-hydrogen) atoms. The lowest BCUT2D eigenvalue weighted by Gasteiger charge is -2.41. The first kappa shape index (κ1) is 77.1. The number of carbonyl (C=O) groups excluding carboxylic acids is 10. The number of primary amides is 1. The summed E-state index contributed by atoms with van der Waals surface area (Å²) < 4.78 is 23.3. The molecule has 0 radical (unpaired) electrons. The van der Waals surface area contributed by atoms with E-state index in [9.17, 15) is 53.1 Å². The highest BCUT2D eigenvalue weighted by molar-refractivity contribution is 6.01. The molecule has 0 bridgehead atoms. The van der Waals surface area contributed by atoms with Gasteiger partial charge in [0.05, 0.1) is 55.2 Å². The topological polar surface area (TPSA) is 336 Å². The molecule has 1 aliphatic heterocycles. The summed E-state index contributed by atoms with van der Waals surface area (Å²) in [4.78, 5) is 141. The molecule has 13 atom stereocenters. The molecule has 6 rings (SSSR count). The van der Waals surface area contributed by atoms with Crippen LogP contribution in [0.15, 0.2) is 103 Å². The molecular weight excluding hydrogens is 1240 g/mol. The van der Waals surface area contributed by atoms with Gasteiger partial charge in [0.15, 0.2) is 0 Å². The van der Waals surface area contributed by atoms with E-state index in [2.05, 4.69) is 31.9 Å². The fourth-order valence-corrected chi connectivity index (χ4v) is 12.8. The Morgan fingerprint density at radius 2 is 1.23 bits per heavy atom. The van der Waals surface area contributed by atoms with Crippen molar-refractivity contribution in [1.29, 1.82) is 0 Å². The van der Waals surface area contributed by atoms with Crippen LogP contribution in [-0.4, -0.2) is 181 Å². The molecule has 0 aromatic heterocycles. The van der Waals surface area contributed by atoms with Crippen molar-refractivity contribution in [3.63, 3.8) is 0 Å². The number of likely N-dealkylation sites (N-methyl/N-ethyl adjacent to an activating group) is 2. The van der Waals surface area contributed by atoms with Gasteiger partial charge in [-0.1, -0.05) is 146 Å². The minimum absolute atomic E-state index is 0.0200. The van der Waals surface area contributed by atoms with Crippen molar-refractivity contribution < 1.29 is 72.0 Å². The summed E-state index contributed by atoms with van der Waals surface area (Å²) in [6.07, 6.45) is -2.89. The SMILES string of the molecule is CC[C@H](C)[C@@H](C(CC(=O)N1CCC[C@H]1[C@H](OC)[C@@H](C)C(=O)N[C@H](C)[C@@H](O)c1ccccc1)OC)N(C)C(=O)[C@@H](NC(=O)[C@H](C(C)C)N(C)C(=O)OCc1ccc(NC(=O)[C@H](CC(N)=O)NC(=O)[C@H](C)NC(=O)[C@H](C)NC(=O)OCC2c3ccccc3-c3ccccc32)cc1)C(C)C. The van der Waals surface area contributed by atoms with E-state index in [1.165, 1.54) is 47.2 Å². The molecule has 1 unspecified atom stereocenters. The Balaban J connectivity index is 0.994. The highest BCUT2D eigenvalue weighted by Crippen LogP contribution is 2.44. The summed E-state index contributed by atoms with van der Waals surface area (Å²) in [5.41, 5.74) is 11.0. The molecule has 25 nitrogen and oxygen atoms in total. The van der Waals surface area contributed by atoms with Crippen LogP contribution in [0.1, 0.15) is 136 Å². The number of likely N-dealkylation sites (tertiary alicyclic amines) is 1. The van der Waals surface area contributed by atoms with Crippen LogP contribution in [0.3, 0.4) is 0 Å². The number of aliphatic hydroxyl groups excluding tert-OH is 1. The molecular formula is C72H100N10O15. The van der Waals surface area contributed by atoms with Gasteiger partial charge in [-0.2, -0.15) is 0 Å². The lowest BCUT2D eigenvalue weighted by molar-refractivity contribution is -0.148. The van der Waals surface area contributed by atoms with Gasteiger partial charge < -0.3 is 71.5 Å². The second kappa shape index (κ2) is 35.9. The van der Waals surface area contributed by atoms with Gasteiger partial charge in [-0.15, -0.1) is 0 Å². The zero-order chi connectivity index (χ0) is 71.5. The van der Waals surface area contributed by atoms with E-state index < -0.39 is 138 Å². The number of benzene rings is 4. The molecule has 1 heterocycles. The number of hydrogen-bond acceptors (Lipinski definition) is 15. The minimum atomic E-state index is -1.47. The Morgan fingerprint density at radius 3 is 1.79 bits per heavy atom. The number of rotatable bonds is 33. The van der Waals surface area contributed by atoms with E-state index in [4.69, 9.17) is 24.7 Å². The number of ether oxygens (including phenoxy) is 4. The Bertz CT molecular complexity index is 3330. The Morgan fingerprint density at radius 1 is 0.639 bits per heavy atom. The number of fused-ring (bicyclic) bond motifs is 3. The summed E-state index contributed by atoms with van der Waals surface area (Å²) >= 11 is 0. The van der Waals surface area contributed by atoms with Crippen molar-refractivity contribution in [1.82, 2.24) is 41.3 Å². The number of methoxy groups -OCH3 is 2. The number of nitrogens with zero attached hydrogens (tertiary/aromatic N) is 3. The second-order valence-corrected chi connectivity index (χ2v) is 26.2. The first-order chi connectivity index (χ1) is 46.0. The fourth-order valence-electron chi connectivity index (χ4n) is 12.8. The van der Waals surface area contributed by atoms with Crippen LogP contribution >= 0.6 is 0 Å².